The number of hydrogen-bond donors (Lipinski definition) is 2. The number of amides is 1. The van der Waals surface area contributed by atoms with Crippen molar-refractivity contribution in [2.75, 3.05) is 25.1 Å². The second-order valence-electron chi connectivity index (χ2n) is 5.14. The molecule has 0 heterocycles. The molecule has 0 aliphatic heterocycles. The first-order valence-electron chi connectivity index (χ1n) is 6.68. The summed E-state index contributed by atoms with van der Waals surface area (Å²) in [6.45, 7) is 1.46. The smallest absolute Gasteiger partial charge is 0.220 e. The maximum atomic E-state index is 11.9. The van der Waals surface area contributed by atoms with Crippen molar-refractivity contribution in [2.24, 2.45) is 11.1 Å². The molecule has 3 nitrogen and oxygen atoms in total. The van der Waals surface area contributed by atoms with E-state index in [4.69, 9.17) is 5.73 Å². The summed E-state index contributed by atoms with van der Waals surface area (Å²) in [6, 6.07) is 0. The second-order valence-corrected chi connectivity index (χ2v) is 6.12. The van der Waals surface area contributed by atoms with Gasteiger partial charge in [-0.05, 0) is 43.2 Å². The Morgan fingerprint density at radius 3 is 2.65 bits per heavy atom. The van der Waals surface area contributed by atoms with Gasteiger partial charge in [-0.15, -0.1) is 0 Å². The normalized spacial score (nSPS) is 18.9. The zero-order valence-corrected chi connectivity index (χ0v) is 11.8. The van der Waals surface area contributed by atoms with Gasteiger partial charge in [-0.3, -0.25) is 4.79 Å². The zero-order chi connectivity index (χ0) is 12.6. The molecule has 1 rings (SSSR count). The van der Waals surface area contributed by atoms with Gasteiger partial charge in [0.05, 0.1) is 0 Å². The summed E-state index contributed by atoms with van der Waals surface area (Å²) >= 11 is 1.82. The highest BCUT2D eigenvalue weighted by Gasteiger charge is 2.32. The van der Waals surface area contributed by atoms with Crippen LogP contribution in [0.5, 0.6) is 0 Å². The van der Waals surface area contributed by atoms with Crippen molar-refractivity contribution < 1.29 is 4.79 Å². The minimum Gasteiger partial charge on any atom is -0.356 e. The van der Waals surface area contributed by atoms with Crippen LogP contribution in [-0.2, 0) is 4.79 Å². The van der Waals surface area contributed by atoms with Crippen LogP contribution < -0.4 is 11.1 Å². The molecule has 0 bridgehead atoms. The Morgan fingerprint density at radius 1 is 1.35 bits per heavy atom. The summed E-state index contributed by atoms with van der Waals surface area (Å²) in [7, 11) is 0. The number of nitrogens with one attached hydrogen (secondary N) is 1. The largest absolute Gasteiger partial charge is 0.356 e. The van der Waals surface area contributed by atoms with E-state index in [1.54, 1.807) is 0 Å². The first kappa shape index (κ1) is 14.8. The van der Waals surface area contributed by atoms with E-state index in [2.05, 4.69) is 11.6 Å². The standard InChI is InChI=1S/C13H26N2OS/c1-17-9-5-8-15-12(16)10-13(11-14)6-3-2-4-7-13/h2-11,14H2,1H3,(H,15,16). The molecule has 0 radical (unpaired) electrons. The molecule has 0 aromatic rings. The molecule has 1 amide bonds. The monoisotopic (exact) mass is 258 g/mol. The molecule has 17 heavy (non-hydrogen) atoms. The molecule has 0 aromatic heterocycles. The van der Waals surface area contributed by atoms with Crippen LogP contribution in [0.2, 0.25) is 0 Å². The molecule has 0 aromatic carbocycles. The van der Waals surface area contributed by atoms with E-state index in [0.29, 0.717) is 13.0 Å². The van der Waals surface area contributed by atoms with Gasteiger partial charge >= 0.3 is 0 Å². The van der Waals surface area contributed by atoms with Gasteiger partial charge in [-0.1, -0.05) is 19.3 Å². The lowest BCUT2D eigenvalue weighted by atomic mass is 9.71. The van der Waals surface area contributed by atoms with Crippen molar-refractivity contribution in [3.63, 3.8) is 0 Å². The predicted molar refractivity (Wildman–Crippen MR) is 75.2 cm³/mol. The maximum Gasteiger partial charge on any atom is 0.220 e. The van der Waals surface area contributed by atoms with Crippen molar-refractivity contribution in [3.05, 3.63) is 0 Å². The van der Waals surface area contributed by atoms with Crippen LogP contribution in [0, 0.1) is 5.41 Å². The average molecular weight is 258 g/mol. The molecule has 0 unspecified atom stereocenters. The number of hydrogen-bond acceptors (Lipinski definition) is 3. The fourth-order valence-corrected chi connectivity index (χ4v) is 3.04. The minimum absolute atomic E-state index is 0.0990. The van der Waals surface area contributed by atoms with Gasteiger partial charge in [0.2, 0.25) is 5.91 Å². The lowest BCUT2D eigenvalue weighted by Crippen LogP contribution is -2.38. The molecule has 100 valence electrons. The van der Waals surface area contributed by atoms with Crippen LogP contribution >= 0.6 is 11.8 Å². The number of thioether (sulfide) groups is 1. The molecule has 0 atom stereocenters. The van der Waals surface area contributed by atoms with Gasteiger partial charge in [-0.2, -0.15) is 11.8 Å². The summed E-state index contributed by atoms with van der Waals surface area (Å²) in [4.78, 5) is 11.9. The van der Waals surface area contributed by atoms with Crippen molar-refractivity contribution >= 4 is 17.7 Å². The lowest BCUT2D eigenvalue weighted by molar-refractivity contribution is -0.123. The summed E-state index contributed by atoms with van der Waals surface area (Å²) in [5.74, 6) is 1.31. The third-order valence-corrected chi connectivity index (χ3v) is 4.43. The Kier molecular flexibility index (Phi) is 6.97. The van der Waals surface area contributed by atoms with Crippen LogP contribution in [0.3, 0.4) is 0 Å². The van der Waals surface area contributed by atoms with Crippen molar-refractivity contribution in [1.29, 1.82) is 0 Å². The Morgan fingerprint density at radius 2 is 2.06 bits per heavy atom. The van der Waals surface area contributed by atoms with Crippen LogP contribution in [-0.4, -0.2) is 31.0 Å². The molecule has 0 spiro atoms. The van der Waals surface area contributed by atoms with Crippen LogP contribution in [0.25, 0.3) is 0 Å². The molecule has 1 aliphatic rings. The van der Waals surface area contributed by atoms with Crippen molar-refractivity contribution in [2.45, 2.75) is 44.9 Å². The number of carbonyl (C=O) groups is 1. The SMILES string of the molecule is CSCCCNC(=O)CC1(CN)CCCCC1. The Hall–Kier alpha value is -0.220. The quantitative estimate of drug-likeness (QED) is 0.688. The van der Waals surface area contributed by atoms with Gasteiger partial charge in [0.25, 0.3) is 0 Å². The highest BCUT2D eigenvalue weighted by molar-refractivity contribution is 7.98. The van der Waals surface area contributed by atoms with Gasteiger partial charge in [0, 0.05) is 13.0 Å². The van der Waals surface area contributed by atoms with Gasteiger partial charge in [-0.25, -0.2) is 0 Å². The predicted octanol–water partition coefficient (Wildman–Crippen LogP) is 2.16. The fraction of sp³-hybridized carbons (Fsp3) is 0.923. The van der Waals surface area contributed by atoms with E-state index in [-0.39, 0.29) is 11.3 Å². The minimum atomic E-state index is 0.0990. The van der Waals surface area contributed by atoms with Gasteiger partial charge in [0.1, 0.15) is 0 Å². The number of carbonyl (C=O) groups excluding carboxylic acids is 1. The highest BCUT2D eigenvalue weighted by atomic mass is 32.2. The van der Waals surface area contributed by atoms with Crippen molar-refractivity contribution in [1.82, 2.24) is 5.32 Å². The summed E-state index contributed by atoms with van der Waals surface area (Å²) in [6.07, 6.45) is 9.80. The molecule has 0 saturated heterocycles. The zero-order valence-electron chi connectivity index (χ0n) is 11.0. The van der Waals surface area contributed by atoms with E-state index in [1.807, 2.05) is 11.8 Å². The molecule has 4 heteroatoms. The third-order valence-electron chi connectivity index (χ3n) is 3.73. The van der Waals surface area contributed by atoms with E-state index in [1.165, 1.54) is 19.3 Å². The Bertz CT molecular complexity index is 227. The Labute approximate surface area is 109 Å². The van der Waals surface area contributed by atoms with Crippen LogP contribution in [0.15, 0.2) is 0 Å². The van der Waals surface area contributed by atoms with E-state index >= 15 is 0 Å². The Balaban J connectivity index is 2.27. The van der Waals surface area contributed by atoms with Crippen molar-refractivity contribution in [3.8, 4) is 0 Å². The average Bonchev–Trinajstić information content (AvgIpc) is 2.36. The third kappa shape index (κ3) is 5.30. The van der Waals surface area contributed by atoms with Gasteiger partial charge in [0.15, 0.2) is 0 Å². The molecule has 3 N–H and O–H groups in total. The molecule has 1 saturated carbocycles. The topological polar surface area (TPSA) is 55.1 Å². The van der Waals surface area contributed by atoms with E-state index in [0.717, 1.165) is 31.6 Å². The fourth-order valence-electron chi connectivity index (χ4n) is 2.60. The van der Waals surface area contributed by atoms with Gasteiger partial charge < -0.3 is 11.1 Å². The molecule has 1 fully saturated rings. The lowest BCUT2D eigenvalue weighted by Gasteiger charge is -2.35. The maximum absolute atomic E-state index is 11.9. The summed E-state index contributed by atoms with van der Waals surface area (Å²) < 4.78 is 0. The number of nitrogens with two attached hydrogens (primary N) is 1. The summed E-state index contributed by atoms with van der Waals surface area (Å²) in [5.41, 5.74) is 5.98. The van der Waals surface area contributed by atoms with Crippen LogP contribution in [0.1, 0.15) is 44.9 Å². The molecular formula is C13H26N2OS. The highest BCUT2D eigenvalue weighted by Crippen LogP contribution is 2.38. The molecule has 1 aliphatic carbocycles. The first-order valence-corrected chi connectivity index (χ1v) is 8.07. The van der Waals surface area contributed by atoms with E-state index < -0.39 is 0 Å². The first-order chi connectivity index (χ1) is 8.22. The second kappa shape index (κ2) is 7.98. The molecular weight excluding hydrogens is 232 g/mol. The summed E-state index contributed by atoms with van der Waals surface area (Å²) in [5, 5.41) is 3.02. The number of rotatable bonds is 7. The van der Waals surface area contributed by atoms with E-state index in [9.17, 15) is 4.79 Å². The van der Waals surface area contributed by atoms with Crippen LogP contribution in [0.4, 0.5) is 0 Å².